The molecular weight excluding hydrogens is 394 g/mol. The second-order valence-corrected chi connectivity index (χ2v) is 7.57. The van der Waals surface area contributed by atoms with E-state index >= 15 is 0 Å². The topological polar surface area (TPSA) is 55.8 Å². The van der Waals surface area contributed by atoms with E-state index in [-0.39, 0.29) is 5.91 Å². The Bertz CT molecular complexity index is 910. The van der Waals surface area contributed by atoms with Crippen molar-refractivity contribution in [2.24, 2.45) is 0 Å². The maximum atomic E-state index is 13.0. The Morgan fingerprint density at radius 1 is 1.18 bits per heavy atom. The molecule has 2 aromatic rings. The maximum absolute atomic E-state index is 13.0. The maximum Gasteiger partial charge on any atom is 0.333 e. The zero-order valence-corrected chi connectivity index (χ0v) is 17.1. The van der Waals surface area contributed by atoms with Crippen LogP contribution in [0.5, 0.6) is 5.75 Å². The van der Waals surface area contributed by atoms with Crippen LogP contribution in [0.2, 0.25) is 0 Å². The average molecular weight is 414 g/mol. The minimum atomic E-state index is -0.912. The van der Waals surface area contributed by atoms with Crippen LogP contribution in [0, 0.1) is 0 Å². The van der Waals surface area contributed by atoms with E-state index in [0.717, 1.165) is 11.3 Å². The minimum absolute atomic E-state index is 0.317. The highest BCUT2D eigenvalue weighted by Gasteiger charge is 2.41. The number of thiocarbonyl (C=S) groups is 1. The molecule has 0 N–H and O–H groups in total. The summed E-state index contributed by atoms with van der Waals surface area (Å²) in [4.78, 5) is 27.3. The predicted molar refractivity (Wildman–Crippen MR) is 114 cm³/mol. The van der Waals surface area contributed by atoms with E-state index in [4.69, 9.17) is 21.7 Å². The predicted octanol–water partition coefficient (Wildman–Crippen LogP) is 4.20. The molecule has 144 valence electrons. The molecule has 3 rings (SSSR count). The first-order valence-electron chi connectivity index (χ1n) is 8.68. The molecule has 1 fully saturated rings. The molecule has 0 spiro atoms. The van der Waals surface area contributed by atoms with Crippen LogP contribution < -0.4 is 4.74 Å². The number of hydrogen-bond donors (Lipinski definition) is 0. The molecule has 0 radical (unpaired) electrons. The van der Waals surface area contributed by atoms with Gasteiger partial charge in [0, 0.05) is 0 Å². The van der Waals surface area contributed by atoms with Crippen LogP contribution in [0.1, 0.15) is 24.1 Å². The number of nitrogens with zero attached hydrogens (tertiary/aromatic N) is 1. The van der Waals surface area contributed by atoms with Crippen LogP contribution in [0.15, 0.2) is 59.5 Å². The van der Waals surface area contributed by atoms with E-state index in [2.05, 4.69) is 0 Å². The van der Waals surface area contributed by atoms with Crippen molar-refractivity contribution in [3.05, 3.63) is 70.6 Å². The number of benzene rings is 2. The zero-order chi connectivity index (χ0) is 20.1. The Labute approximate surface area is 173 Å². The summed E-state index contributed by atoms with van der Waals surface area (Å²) in [6.45, 7) is 2.51. The number of hydrogen-bond acceptors (Lipinski definition) is 6. The van der Waals surface area contributed by atoms with Crippen molar-refractivity contribution in [3.8, 4) is 5.75 Å². The van der Waals surface area contributed by atoms with Crippen molar-refractivity contribution in [2.75, 3.05) is 13.7 Å². The molecule has 0 bridgehead atoms. The van der Waals surface area contributed by atoms with Crippen LogP contribution in [0.25, 0.3) is 6.08 Å². The van der Waals surface area contributed by atoms with Crippen molar-refractivity contribution >= 4 is 46.3 Å². The Morgan fingerprint density at radius 3 is 2.46 bits per heavy atom. The Morgan fingerprint density at radius 2 is 1.86 bits per heavy atom. The number of thioether (sulfide) groups is 1. The number of carbonyl (C=O) groups excluding carboxylic acids is 2. The van der Waals surface area contributed by atoms with Gasteiger partial charge in [0.2, 0.25) is 0 Å². The third-order valence-corrected chi connectivity index (χ3v) is 5.44. The molecule has 1 unspecified atom stereocenters. The van der Waals surface area contributed by atoms with E-state index in [1.165, 1.54) is 23.8 Å². The third-order valence-electron chi connectivity index (χ3n) is 4.11. The number of rotatable bonds is 6. The van der Waals surface area contributed by atoms with Gasteiger partial charge in [-0.15, -0.1) is 0 Å². The Balaban J connectivity index is 1.90. The number of methoxy groups -OCH3 is 1. The highest BCUT2D eigenvalue weighted by Crippen LogP contribution is 2.38. The molecule has 28 heavy (non-hydrogen) atoms. The molecule has 1 heterocycles. The second-order valence-electron chi connectivity index (χ2n) is 5.89. The smallest absolute Gasteiger partial charge is 0.333 e. The number of esters is 1. The van der Waals surface area contributed by atoms with E-state index < -0.39 is 12.0 Å². The van der Waals surface area contributed by atoms with E-state index in [9.17, 15) is 9.59 Å². The zero-order valence-electron chi connectivity index (χ0n) is 15.5. The van der Waals surface area contributed by atoms with Gasteiger partial charge in [-0.2, -0.15) is 0 Å². The fraction of sp³-hybridized carbons (Fsp3) is 0.190. The van der Waals surface area contributed by atoms with Gasteiger partial charge >= 0.3 is 5.97 Å². The molecule has 0 saturated carbocycles. The standard InChI is InChI=1S/C21H19NO4S2/c1-3-26-16-11-9-14(10-12-16)13-17-19(23)22(21(27)28-17)18(20(24)25-2)15-7-5-4-6-8-15/h4-13,18H,3H2,1-2H3/b17-13-. The molecular formula is C21H19NO4S2. The van der Waals surface area contributed by atoms with Crippen LogP contribution in [0.3, 0.4) is 0 Å². The largest absolute Gasteiger partial charge is 0.494 e. The first-order chi connectivity index (χ1) is 13.5. The van der Waals surface area contributed by atoms with Crippen molar-refractivity contribution < 1.29 is 19.1 Å². The molecule has 2 aromatic carbocycles. The molecule has 0 aliphatic carbocycles. The summed E-state index contributed by atoms with van der Waals surface area (Å²) in [5.41, 5.74) is 1.49. The Kier molecular flexibility index (Phi) is 6.49. The van der Waals surface area contributed by atoms with Crippen LogP contribution >= 0.6 is 24.0 Å². The number of carbonyl (C=O) groups is 2. The molecule has 1 saturated heterocycles. The van der Waals surface area contributed by atoms with E-state index in [1.54, 1.807) is 30.3 Å². The van der Waals surface area contributed by atoms with Crippen LogP contribution in [0.4, 0.5) is 0 Å². The monoisotopic (exact) mass is 413 g/mol. The lowest BCUT2D eigenvalue weighted by Gasteiger charge is -2.24. The summed E-state index contributed by atoms with van der Waals surface area (Å²) in [6.07, 6.45) is 1.76. The van der Waals surface area contributed by atoms with Gasteiger partial charge in [0.05, 0.1) is 18.6 Å². The lowest BCUT2D eigenvalue weighted by molar-refractivity contribution is -0.148. The van der Waals surface area contributed by atoms with Gasteiger partial charge in [0.1, 0.15) is 10.1 Å². The fourth-order valence-electron chi connectivity index (χ4n) is 2.82. The Hall–Kier alpha value is -2.64. The molecule has 0 aromatic heterocycles. The fourth-order valence-corrected chi connectivity index (χ4v) is 4.13. The van der Waals surface area contributed by atoms with Crippen molar-refractivity contribution in [1.82, 2.24) is 4.90 Å². The van der Waals surface area contributed by atoms with Gasteiger partial charge in [0.25, 0.3) is 5.91 Å². The molecule has 7 heteroatoms. The van der Waals surface area contributed by atoms with Crippen LogP contribution in [-0.4, -0.2) is 34.8 Å². The van der Waals surface area contributed by atoms with Crippen molar-refractivity contribution in [2.45, 2.75) is 13.0 Å². The molecule has 1 aliphatic heterocycles. The van der Waals surface area contributed by atoms with Gasteiger partial charge in [0.15, 0.2) is 6.04 Å². The van der Waals surface area contributed by atoms with Gasteiger partial charge in [-0.1, -0.05) is 66.4 Å². The lowest BCUT2D eigenvalue weighted by Crippen LogP contribution is -2.37. The summed E-state index contributed by atoms with van der Waals surface area (Å²) >= 11 is 6.58. The van der Waals surface area contributed by atoms with Gasteiger partial charge < -0.3 is 9.47 Å². The molecule has 1 atom stereocenters. The summed E-state index contributed by atoms with van der Waals surface area (Å²) in [7, 11) is 1.30. The summed E-state index contributed by atoms with van der Waals surface area (Å²) in [5.74, 6) is -0.0880. The highest BCUT2D eigenvalue weighted by atomic mass is 32.2. The van der Waals surface area contributed by atoms with Gasteiger partial charge in [-0.05, 0) is 36.3 Å². The lowest BCUT2D eigenvalue weighted by atomic mass is 10.1. The van der Waals surface area contributed by atoms with Gasteiger partial charge in [-0.3, -0.25) is 9.69 Å². The first-order valence-corrected chi connectivity index (χ1v) is 9.90. The number of amides is 1. The molecule has 1 amide bonds. The SMILES string of the molecule is CCOc1ccc(/C=C2\SC(=S)N(C(C(=O)OC)c3ccccc3)C2=O)cc1. The molecule has 5 nitrogen and oxygen atoms in total. The third kappa shape index (κ3) is 4.26. The average Bonchev–Trinajstić information content (AvgIpc) is 2.98. The summed E-state index contributed by atoms with van der Waals surface area (Å²) in [5, 5.41) is 0. The van der Waals surface area contributed by atoms with Crippen molar-refractivity contribution in [1.29, 1.82) is 0 Å². The quantitative estimate of drug-likeness (QED) is 0.402. The van der Waals surface area contributed by atoms with Crippen LogP contribution in [-0.2, 0) is 14.3 Å². The van der Waals surface area contributed by atoms with E-state index in [1.807, 2.05) is 37.3 Å². The summed E-state index contributed by atoms with van der Waals surface area (Å²) < 4.78 is 10.7. The van der Waals surface area contributed by atoms with Crippen molar-refractivity contribution in [3.63, 3.8) is 0 Å². The highest BCUT2D eigenvalue weighted by molar-refractivity contribution is 8.26. The van der Waals surface area contributed by atoms with E-state index in [0.29, 0.717) is 21.4 Å². The summed E-state index contributed by atoms with van der Waals surface area (Å²) in [6, 6.07) is 15.5. The second kappa shape index (κ2) is 9.03. The first kappa shape index (κ1) is 20.1. The minimum Gasteiger partial charge on any atom is -0.494 e. The van der Waals surface area contributed by atoms with Gasteiger partial charge in [-0.25, -0.2) is 4.79 Å². The normalized spacial score (nSPS) is 16.4. The number of ether oxygens (including phenoxy) is 2. The molecule has 1 aliphatic rings.